The van der Waals surface area contributed by atoms with Crippen LogP contribution in [0.15, 0.2) is 18.2 Å². The topological polar surface area (TPSA) is 186 Å². The van der Waals surface area contributed by atoms with Gasteiger partial charge in [0.25, 0.3) is 16.5 Å². The van der Waals surface area contributed by atoms with Gasteiger partial charge in [0, 0.05) is 52.4 Å². The third kappa shape index (κ3) is 9.67. The van der Waals surface area contributed by atoms with Crippen LogP contribution in [-0.2, 0) is 29.6 Å². The molecule has 3 fully saturated rings. The molecule has 0 bridgehead atoms. The molecule has 17 nitrogen and oxygen atoms in total. The third-order valence-electron chi connectivity index (χ3n) is 8.08. The molecular weight excluding hydrogens is 692 g/mol. The number of hydrogen-bond acceptors (Lipinski definition) is 14. The zero-order valence-corrected chi connectivity index (χ0v) is 29.0. The van der Waals surface area contributed by atoms with E-state index in [1.54, 1.807) is 18.2 Å². The molecule has 0 aliphatic carbocycles. The summed E-state index contributed by atoms with van der Waals surface area (Å²) >= 11 is 0. The number of ether oxygens (including phenoxy) is 3. The Bertz CT molecular complexity index is 1770. The van der Waals surface area contributed by atoms with E-state index in [-0.39, 0.29) is 36.3 Å². The standard InChI is InChI=1S/C27H37F2N9O5S.CH4O3S/c1-41-21-5-2-4-20-22(21)30-24(23(28)29)38(20)27-32-25(31-26(33-27)36-13-17-43-18-14-36)35-7-9-37(10-8-35)44(39,40)19-3-6-34-11-15-42-16-12-34;1-5(2,3)4/h2,4-5,23H,3,6-19H2,1H3;1H3,(H,2,3,4). The molecule has 0 saturated carbocycles. The summed E-state index contributed by atoms with van der Waals surface area (Å²) in [4.78, 5) is 24.2. The van der Waals surface area contributed by atoms with Gasteiger partial charge in [-0.1, -0.05) is 6.07 Å². The molecule has 3 aromatic rings. The molecule has 2 aromatic heterocycles. The molecular formula is C28H41F2N9O8S2. The average molecular weight is 734 g/mol. The first-order valence-electron chi connectivity index (χ1n) is 15.7. The number of halogens is 2. The van der Waals surface area contributed by atoms with Gasteiger partial charge in [-0.2, -0.15) is 27.7 Å². The van der Waals surface area contributed by atoms with Crippen molar-refractivity contribution in [3.63, 3.8) is 0 Å². The van der Waals surface area contributed by atoms with Crippen molar-refractivity contribution in [1.82, 2.24) is 33.7 Å². The minimum Gasteiger partial charge on any atom is -0.494 e. The van der Waals surface area contributed by atoms with Crippen LogP contribution in [0, 0.1) is 0 Å². The van der Waals surface area contributed by atoms with E-state index in [0.717, 1.165) is 19.6 Å². The number of morpholine rings is 2. The third-order valence-corrected chi connectivity index (χ3v) is 10.0. The fourth-order valence-electron chi connectivity index (χ4n) is 5.69. The second-order valence-corrected chi connectivity index (χ2v) is 15.1. The Morgan fingerprint density at radius 1 is 0.837 bits per heavy atom. The van der Waals surface area contributed by atoms with E-state index < -0.39 is 32.4 Å². The maximum Gasteiger partial charge on any atom is 0.296 e. The van der Waals surface area contributed by atoms with Gasteiger partial charge in [-0.05, 0) is 25.1 Å². The van der Waals surface area contributed by atoms with Gasteiger partial charge < -0.3 is 24.0 Å². The predicted octanol–water partition coefficient (Wildman–Crippen LogP) is 0.671. The Morgan fingerprint density at radius 2 is 1.39 bits per heavy atom. The van der Waals surface area contributed by atoms with Crippen molar-refractivity contribution < 1.29 is 44.4 Å². The molecule has 3 aliphatic heterocycles. The zero-order valence-electron chi connectivity index (χ0n) is 27.3. The number of alkyl halides is 2. The highest BCUT2D eigenvalue weighted by Gasteiger charge is 2.30. The number of para-hydroxylation sites is 1. The van der Waals surface area contributed by atoms with Crippen molar-refractivity contribution in [3.8, 4) is 11.7 Å². The van der Waals surface area contributed by atoms with Crippen molar-refractivity contribution >= 4 is 43.1 Å². The van der Waals surface area contributed by atoms with Gasteiger partial charge in [0.2, 0.25) is 27.9 Å². The number of rotatable bonds is 10. The lowest BCUT2D eigenvalue weighted by molar-refractivity contribution is 0.0380. The van der Waals surface area contributed by atoms with E-state index in [1.165, 1.54) is 16.0 Å². The highest BCUT2D eigenvalue weighted by Crippen LogP contribution is 2.32. The van der Waals surface area contributed by atoms with E-state index >= 15 is 0 Å². The molecule has 0 radical (unpaired) electrons. The summed E-state index contributed by atoms with van der Waals surface area (Å²) in [6.07, 6.45) is -1.64. The number of aromatic nitrogens is 5. The monoisotopic (exact) mass is 733 g/mol. The van der Waals surface area contributed by atoms with Gasteiger partial charge in [0.15, 0.2) is 5.82 Å². The summed E-state index contributed by atoms with van der Waals surface area (Å²) < 4.78 is 99.8. The molecule has 1 N–H and O–H groups in total. The smallest absolute Gasteiger partial charge is 0.296 e. The van der Waals surface area contributed by atoms with Gasteiger partial charge in [-0.15, -0.1) is 0 Å². The number of imidazole rings is 1. The van der Waals surface area contributed by atoms with E-state index in [0.29, 0.717) is 82.5 Å². The van der Waals surface area contributed by atoms with Crippen molar-refractivity contribution in [1.29, 1.82) is 0 Å². The summed E-state index contributed by atoms with van der Waals surface area (Å²) in [6, 6.07) is 5.01. The van der Waals surface area contributed by atoms with Gasteiger partial charge in [-0.3, -0.25) is 14.0 Å². The minimum atomic E-state index is -3.67. The summed E-state index contributed by atoms with van der Waals surface area (Å²) in [5, 5.41) is 0. The van der Waals surface area contributed by atoms with Crippen LogP contribution >= 0.6 is 0 Å². The molecule has 5 heterocycles. The first-order valence-corrected chi connectivity index (χ1v) is 19.2. The molecule has 0 spiro atoms. The van der Waals surface area contributed by atoms with Gasteiger partial charge in [-0.25, -0.2) is 22.2 Å². The van der Waals surface area contributed by atoms with Crippen LogP contribution in [-0.4, -0.2) is 160 Å². The molecule has 21 heteroatoms. The number of methoxy groups -OCH3 is 1. The highest BCUT2D eigenvalue weighted by atomic mass is 32.2. The highest BCUT2D eigenvalue weighted by molar-refractivity contribution is 7.89. The summed E-state index contributed by atoms with van der Waals surface area (Å²) in [7, 11) is -5.65. The summed E-state index contributed by atoms with van der Waals surface area (Å²) in [5.41, 5.74) is 0.644. The van der Waals surface area contributed by atoms with Gasteiger partial charge in [0.1, 0.15) is 11.3 Å². The number of benzene rings is 1. The maximum absolute atomic E-state index is 14.3. The Labute approximate surface area is 283 Å². The SMILES string of the molecule is COc1cccc2c1nc(C(F)F)n2-c1nc(N2CCOCC2)nc(N2CCN(S(=O)(=O)CCCN3CCOCC3)CC2)n1.CS(=O)(=O)O. The lowest BCUT2D eigenvalue weighted by Crippen LogP contribution is -2.50. The van der Waals surface area contributed by atoms with Crippen molar-refractivity contribution in [2.75, 3.05) is 114 Å². The van der Waals surface area contributed by atoms with Crippen LogP contribution in [0.3, 0.4) is 0 Å². The van der Waals surface area contributed by atoms with Crippen LogP contribution in [0.4, 0.5) is 20.7 Å². The van der Waals surface area contributed by atoms with Crippen LogP contribution < -0.4 is 14.5 Å². The molecule has 3 aliphatic rings. The van der Waals surface area contributed by atoms with Crippen molar-refractivity contribution in [2.45, 2.75) is 12.8 Å². The first kappa shape index (κ1) is 36.9. The number of piperazine rings is 1. The molecule has 1 aromatic carbocycles. The van der Waals surface area contributed by atoms with E-state index in [9.17, 15) is 25.6 Å². The molecule has 3 saturated heterocycles. The van der Waals surface area contributed by atoms with Crippen molar-refractivity contribution in [3.05, 3.63) is 24.0 Å². The Balaban J connectivity index is 0.000000874. The Morgan fingerprint density at radius 3 is 1.96 bits per heavy atom. The maximum atomic E-state index is 14.3. The fraction of sp³-hybridized carbons (Fsp3) is 0.643. The van der Waals surface area contributed by atoms with Crippen LogP contribution in [0.5, 0.6) is 5.75 Å². The van der Waals surface area contributed by atoms with Crippen LogP contribution in [0.2, 0.25) is 0 Å². The normalized spacial score (nSPS) is 18.5. The van der Waals surface area contributed by atoms with E-state index in [2.05, 4.69) is 19.9 Å². The molecule has 0 atom stereocenters. The number of fused-ring (bicyclic) bond motifs is 1. The predicted molar refractivity (Wildman–Crippen MR) is 176 cm³/mol. The molecule has 6 rings (SSSR count). The van der Waals surface area contributed by atoms with Crippen LogP contribution in [0.1, 0.15) is 18.7 Å². The van der Waals surface area contributed by atoms with Crippen molar-refractivity contribution in [2.24, 2.45) is 0 Å². The number of sulfonamides is 1. The lowest BCUT2D eigenvalue weighted by atomic mass is 10.3. The molecule has 0 unspecified atom stereocenters. The quantitative estimate of drug-likeness (QED) is 0.287. The largest absolute Gasteiger partial charge is 0.494 e. The fourth-order valence-corrected chi connectivity index (χ4v) is 7.16. The van der Waals surface area contributed by atoms with E-state index in [4.69, 9.17) is 23.7 Å². The Kier molecular flexibility index (Phi) is 12.2. The Hall–Kier alpha value is -3.34. The first-order chi connectivity index (χ1) is 23.3. The second kappa shape index (κ2) is 16.1. The van der Waals surface area contributed by atoms with Gasteiger partial charge in [0.05, 0.1) is 51.1 Å². The molecule has 49 heavy (non-hydrogen) atoms. The number of hydrogen-bond donors (Lipinski definition) is 1. The minimum absolute atomic E-state index is 0.000656. The van der Waals surface area contributed by atoms with Crippen LogP contribution in [0.25, 0.3) is 17.0 Å². The number of anilines is 2. The zero-order chi connectivity index (χ0) is 35.2. The van der Waals surface area contributed by atoms with Gasteiger partial charge >= 0.3 is 0 Å². The lowest BCUT2D eigenvalue weighted by Gasteiger charge is -2.35. The molecule has 0 amide bonds. The molecule has 272 valence electrons. The summed E-state index contributed by atoms with van der Waals surface area (Å²) in [6.45, 7) is 6.94. The van der Waals surface area contributed by atoms with E-state index in [1.807, 2.05) is 9.80 Å². The number of nitrogens with zero attached hydrogens (tertiary/aromatic N) is 9. The second-order valence-electron chi connectivity index (χ2n) is 11.5. The summed E-state index contributed by atoms with van der Waals surface area (Å²) in [5.74, 6) is 0.535. The average Bonchev–Trinajstić information content (AvgIpc) is 3.49.